The van der Waals surface area contributed by atoms with Gasteiger partial charge in [-0.3, -0.25) is 4.79 Å². The zero-order chi connectivity index (χ0) is 15.1. The van der Waals surface area contributed by atoms with Crippen LogP contribution in [0, 0.1) is 5.92 Å². The lowest BCUT2D eigenvalue weighted by molar-refractivity contribution is -0.122. The lowest BCUT2D eigenvalue weighted by Crippen LogP contribution is -2.37. The molecule has 114 valence electrons. The molecule has 2 N–H and O–H groups in total. The Hall–Kier alpha value is -1.33. The first kappa shape index (κ1) is 16.7. The van der Waals surface area contributed by atoms with Gasteiger partial charge in [0.25, 0.3) is 0 Å². The highest BCUT2D eigenvalue weighted by Gasteiger charge is 2.15. The van der Waals surface area contributed by atoms with Gasteiger partial charge in [0, 0.05) is 31.6 Å². The van der Waals surface area contributed by atoms with Crippen LogP contribution in [0.2, 0.25) is 0 Å². The summed E-state index contributed by atoms with van der Waals surface area (Å²) in [6.07, 6.45) is 3.98. The van der Waals surface area contributed by atoms with Crippen LogP contribution in [0.5, 0.6) is 0 Å². The molecule has 0 radical (unpaired) electrons. The number of rotatable bonds is 8. The highest BCUT2D eigenvalue weighted by Crippen LogP contribution is 2.21. The zero-order valence-corrected chi connectivity index (χ0v) is 13.1. The number of carbonyl (C=O) groups is 1. The zero-order valence-electron chi connectivity index (χ0n) is 13.1. The van der Waals surface area contributed by atoms with Gasteiger partial charge < -0.3 is 19.9 Å². The van der Waals surface area contributed by atoms with E-state index in [1.54, 1.807) is 7.11 Å². The van der Waals surface area contributed by atoms with E-state index in [0.29, 0.717) is 25.1 Å². The van der Waals surface area contributed by atoms with E-state index in [4.69, 9.17) is 4.74 Å². The standard InChI is InChI=1S/C15H27N3O2/c1-11(2)15(16-4)13-6-7-18(8-13)9-14(19)17-12(3)10-20-5/h6-8,11-12,15-16H,9-10H2,1-5H3,(H,17,19). The van der Waals surface area contributed by atoms with E-state index in [1.165, 1.54) is 5.56 Å². The number of hydrogen-bond donors (Lipinski definition) is 2. The summed E-state index contributed by atoms with van der Waals surface area (Å²) >= 11 is 0. The number of carbonyl (C=O) groups excluding carboxylic acids is 1. The van der Waals surface area contributed by atoms with Gasteiger partial charge in [0.15, 0.2) is 0 Å². The van der Waals surface area contributed by atoms with Crippen molar-refractivity contribution in [3.05, 3.63) is 24.0 Å². The molecular formula is C15H27N3O2. The SMILES string of the molecule is CNC(c1ccn(CC(=O)NC(C)COC)c1)C(C)C. The molecular weight excluding hydrogens is 254 g/mol. The summed E-state index contributed by atoms with van der Waals surface area (Å²) in [5, 5.41) is 6.21. The summed E-state index contributed by atoms with van der Waals surface area (Å²) in [5.41, 5.74) is 1.21. The van der Waals surface area contributed by atoms with E-state index < -0.39 is 0 Å². The fourth-order valence-corrected chi connectivity index (χ4v) is 2.40. The molecule has 0 bridgehead atoms. The minimum absolute atomic E-state index is 0.00209. The lowest BCUT2D eigenvalue weighted by Gasteiger charge is -2.18. The Bertz CT molecular complexity index is 415. The first-order valence-corrected chi connectivity index (χ1v) is 7.09. The van der Waals surface area contributed by atoms with E-state index in [0.717, 1.165) is 0 Å². The van der Waals surface area contributed by atoms with Crippen LogP contribution in [0.1, 0.15) is 32.4 Å². The molecule has 0 spiro atoms. The topological polar surface area (TPSA) is 55.3 Å². The third-order valence-electron chi connectivity index (χ3n) is 3.26. The Labute approximate surface area is 121 Å². The maximum atomic E-state index is 11.9. The predicted molar refractivity (Wildman–Crippen MR) is 80.6 cm³/mol. The summed E-state index contributed by atoms with van der Waals surface area (Å²) in [4.78, 5) is 11.9. The van der Waals surface area contributed by atoms with Crippen molar-refractivity contribution in [2.24, 2.45) is 5.92 Å². The lowest BCUT2D eigenvalue weighted by atomic mass is 9.99. The molecule has 2 unspecified atom stereocenters. The number of ether oxygens (including phenoxy) is 1. The Morgan fingerprint density at radius 2 is 2.10 bits per heavy atom. The van der Waals surface area contributed by atoms with Crippen molar-refractivity contribution in [1.82, 2.24) is 15.2 Å². The molecule has 5 nitrogen and oxygen atoms in total. The van der Waals surface area contributed by atoms with Gasteiger partial charge in [-0.05, 0) is 31.5 Å². The summed E-state index contributed by atoms with van der Waals surface area (Å²) < 4.78 is 6.91. The van der Waals surface area contributed by atoms with Gasteiger partial charge in [0.05, 0.1) is 6.61 Å². The molecule has 1 aromatic heterocycles. The first-order chi connectivity index (χ1) is 9.47. The largest absolute Gasteiger partial charge is 0.383 e. The Kier molecular flexibility index (Phi) is 6.75. The first-order valence-electron chi connectivity index (χ1n) is 7.09. The van der Waals surface area contributed by atoms with Crippen LogP contribution < -0.4 is 10.6 Å². The monoisotopic (exact) mass is 281 g/mol. The molecule has 0 saturated carbocycles. The molecule has 20 heavy (non-hydrogen) atoms. The molecule has 5 heteroatoms. The second-order valence-electron chi connectivity index (χ2n) is 5.55. The van der Waals surface area contributed by atoms with Gasteiger partial charge in [-0.2, -0.15) is 0 Å². The van der Waals surface area contributed by atoms with Crippen molar-refractivity contribution < 1.29 is 9.53 Å². The second kappa shape index (κ2) is 8.07. The average Bonchev–Trinajstić information content (AvgIpc) is 2.77. The van der Waals surface area contributed by atoms with E-state index in [9.17, 15) is 4.79 Å². The van der Waals surface area contributed by atoms with Gasteiger partial charge >= 0.3 is 0 Å². The maximum absolute atomic E-state index is 11.9. The minimum atomic E-state index is 0.00209. The fourth-order valence-electron chi connectivity index (χ4n) is 2.40. The molecule has 0 saturated heterocycles. The fraction of sp³-hybridized carbons (Fsp3) is 0.667. The summed E-state index contributed by atoms with van der Waals surface area (Å²) in [7, 11) is 3.59. The maximum Gasteiger partial charge on any atom is 0.240 e. The quantitative estimate of drug-likeness (QED) is 0.760. The second-order valence-corrected chi connectivity index (χ2v) is 5.55. The van der Waals surface area contributed by atoms with Crippen LogP contribution >= 0.6 is 0 Å². The Morgan fingerprint density at radius 1 is 1.40 bits per heavy atom. The highest BCUT2D eigenvalue weighted by atomic mass is 16.5. The van der Waals surface area contributed by atoms with Crippen molar-refractivity contribution in [2.45, 2.75) is 39.4 Å². The molecule has 0 aliphatic carbocycles. The summed E-state index contributed by atoms with van der Waals surface area (Å²) in [5.74, 6) is 0.508. The third kappa shape index (κ3) is 4.98. The van der Waals surface area contributed by atoms with Gasteiger partial charge in [-0.1, -0.05) is 13.8 Å². The van der Waals surface area contributed by atoms with Crippen molar-refractivity contribution >= 4 is 5.91 Å². The van der Waals surface area contributed by atoms with Gasteiger partial charge in [0.2, 0.25) is 5.91 Å². The molecule has 0 fully saturated rings. The van der Waals surface area contributed by atoms with Gasteiger partial charge in [0.1, 0.15) is 6.54 Å². The smallest absolute Gasteiger partial charge is 0.240 e. The van der Waals surface area contributed by atoms with Crippen molar-refractivity contribution in [3.63, 3.8) is 0 Å². The highest BCUT2D eigenvalue weighted by molar-refractivity contribution is 5.76. The van der Waals surface area contributed by atoms with Crippen LogP contribution in [-0.2, 0) is 16.1 Å². The number of nitrogens with zero attached hydrogens (tertiary/aromatic N) is 1. The van der Waals surface area contributed by atoms with E-state index in [1.807, 2.05) is 30.9 Å². The normalized spacial score (nSPS) is 14.3. The van der Waals surface area contributed by atoms with E-state index >= 15 is 0 Å². The number of hydrogen-bond acceptors (Lipinski definition) is 3. The van der Waals surface area contributed by atoms with Crippen molar-refractivity contribution in [2.75, 3.05) is 20.8 Å². The Balaban J connectivity index is 2.57. The summed E-state index contributed by atoms with van der Waals surface area (Å²) in [6, 6.07) is 2.41. The molecule has 0 aromatic carbocycles. The Morgan fingerprint density at radius 3 is 2.65 bits per heavy atom. The summed E-state index contributed by atoms with van der Waals surface area (Å²) in [6.45, 7) is 7.15. The van der Waals surface area contributed by atoms with Gasteiger partial charge in [-0.25, -0.2) is 0 Å². The molecule has 1 amide bonds. The van der Waals surface area contributed by atoms with Crippen LogP contribution in [-0.4, -0.2) is 37.3 Å². The number of methoxy groups -OCH3 is 1. The molecule has 0 aliphatic rings. The molecule has 1 heterocycles. The van der Waals surface area contributed by atoms with Crippen LogP contribution in [0.15, 0.2) is 18.5 Å². The minimum Gasteiger partial charge on any atom is -0.383 e. The van der Waals surface area contributed by atoms with Crippen LogP contribution in [0.4, 0.5) is 0 Å². The number of aromatic nitrogens is 1. The predicted octanol–water partition coefficient (Wildman–Crippen LogP) is 1.56. The molecule has 1 aromatic rings. The molecule has 1 rings (SSSR count). The van der Waals surface area contributed by atoms with E-state index in [-0.39, 0.29) is 11.9 Å². The van der Waals surface area contributed by atoms with Crippen molar-refractivity contribution in [3.8, 4) is 0 Å². The third-order valence-corrected chi connectivity index (χ3v) is 3.26. The molecule has 2 atom stereocenters. The number of nitrogens with one attached hydrogen (secondary N) is 2. The average molecular weight is 281 g/mol. The van der Waals surface area contributed by atoms with Crippen LogP contribution in [0.3, 0.4) is 0 Å². The van der Waals surface area contributed by atoms with Crippen molar-refractivity contribution in [1.29, 1.82) is 0 Å². The van der Waals surface area contributed by atoms with E-state index in [2.05, 4.69) is 30.5 Å². The van der Waals surface area contributed by atoms with Gasteiger partial charge in [-0.15, -0.1) is 0 Å². The molecule has 0 aliphatic heterocycles. The number of amides is 1. The van der Waals surface area contributed by atoms with Crippen LogP contribution in [0.25, 0.3) is 0 Å².